The maximum Gasteiger partial charge on any atom is 0.264 e. The first-order valence-corrected chi connectivity index (χ1v) is 8.38. The highest BCUT2D eigenvalue weighted by atomic mass is 32.2. The molecule has 2 aromatic rings. The molecule has 0 aliphatic carbocycles. The van der Waals surface area contributed by atoms with Crippen molar-refractivity contribution in [2.75, 3.05) is 6.79 Å². The number of fused-ring (bicyclic) bond motifs is 1. The summed E-state index contributed by atoms with van der Waals surface area (Å²) in [5.74, 6) is -0.131. The van der Waals surface area contributed by atoms with Gasteiger partial charge in [0.15, 0.2) is 12.0 Å². The van der Waals surface area contributed by atoms with Crippen LogP contribution in [0.5, 0.6) is 5.75 Å². The molecule has 0 atom stereocenters. The van der Waals surface area contributed by atoms with Crippen molar-refractivity contribution in [1.82, 2.24) is 5.32 Å². The molecule has 1 saturated heterocycles. The Bertz CT molecular complexity index is 897. The molecule has 2 aliphatic heterocycles. The molecule has 126 valence electrons. The Morgan fingerprint density at radius 2 is 2.08 bits per heavy atom. The molecule has 7 heteroatoms. The summed E-state index contributed by atoms with van der Waals surface area (Å²) in [6, 6.07) is 12.0. The monoisotopic (exact) mass is 356 g/mol. The van der Waals surface area contributed by atoms with E-state index in [9.17, 15) is 9.18 Å². The second-order valence-electron chi connectivity index (χ2n) is 5.41. The molecule has 0 unspecified atom stereocenters. The minimum absolute atomic E-state index is 0.106. The van der Waals surface area contributed by atoms with E-state index >= 15 is 0 Å². The number of amidine groups is 1. The van der Waals surface area contributed by atoms with E-state index in [-0.39, 0.29) is 19.3 Å². The maximum atomic E-state index is 13.8. The van der Waals surface area contributed by atoms with Crippen LogP contribution in [-0.2, 0) is 16.1 Å². The summed E-state index contributed by atoms with van der Waals surface area (Å²) < 4.78 is 24.5. The number of para-hydroxylation sites is 1. The predicted octanol–water partition coefficient (Wildman–Crippen LogP) is 3.58. The lowest BCUT2D eigenvalue weighted by Crippen LogP contribution is -2.19. The summed E-state index contributed by atoms with van der Waals surface area (Å²) in [6.45, 7) is 0.387. The number of ether oxygens (including phenoxy) is 2. The van der Waals surface area contributed by atoms with E-state index in [1.54, 1.807) is 6.08 Å². The molecule has 1 N–H and O–H groups in total. The van der Waals surface area contributed by atoms with Gasteiger partial charge >= 0.3 is 0 Å². The number of carbonyl (C=O) groups is 1. The van der Waals surface area contributed by atoms with Gasteiger partial charge in [0.05, 0.1) is 17.2 Å². The molecule has 25 heavy (non-hydrogen) atoms. The zero-order valence-electron chi connectivity index (χ0n) is 13.0. The molecule has 0 aromatic heterocycles. The molecule has 4 rings (SSSR count). The van der Waals surface area contributed by atoms with E-state index in [4.69, 9.17) is 9.47 Å². The van der Waals surface area contributed by atoms with Gasteiger partial charge in [-0.1, -0.05) is 18.2 Å². The van der Waals surface area contributed by atoms with E-state index in [0.717, 1.165) is 5.69 Å². The predicted molar refractivity (Wildman–Crippen MR) is 93.9 cm³/mol. The number of halogens is 1. The van der Waals surface area contributed by atoms with Crippen LogP contribution in [0.2, 0.25) is 0 Å². The second-order valence-corrected chi connectivity index (χ2v) is 6.44. The number of hydrogen-bond donors (Lipinski definition) is 1. The molecule has 0 saturated carbocycles. The number of nitrogens with one attached hydrogen (secondary N) is 1. The van der Waals surface area contributed by atoms with Crippen LogP contribution in [0.15, 0.2) is 52.4 Å². The first-order chi connectivity index (χ1) is 12.2. The molecule has 5 nitrogen and oxygen atoms in total. The highest BCUT2D eigenvalue weighted by molar-refractivity contribution is 8.18. The van der Waals surface area contributed by atoms with Crippen LogP contribution in [-0.4, -0.2) is 17.9 Å². The molecule has 2 aliphatic rings. The van der Waals surface area contributed by atoms with Crippen LogP contribution in [0.25, 0.3) is 6.08 Å². The first kappa shape index (κ1) is 15.9. The van der Waals surface area contributed by atoms with E-state index < -0.39 is 5.82 Å². The molecule has 2 heterocycles. The van der Waals surface area contributed by atoms with Crippen LogP contribution >= 0.6 is 11.8 Å². The fourth-order valence-corrected chi connectivity index (χ4v) is 3.39. The van der Waals surface area contributed by atoms with Crippen LogP contribution in [0.4, 0.5) is 10.1 Å². The molecule has 1 amide bonds. The highest BCUT2D eigenvalue weighted by Gasteiger charge is 2.25. The summed E-state index contributed by atoms with van der Waals surface area (Å²) in [5.41, 5.74) is 1.88. The van der Waals surface area contributed by atoms with Gasteiger partial charge in [0, 0.05) is 11.1 Å². The van der Waals surface area contributed by atoms with Crippen molar-refractivity contribution in [3.63, 3.8) is 0 Å². The lowest BCUT2D eigenvalue weighted by Gasteiger charge is -2.19. The van der Waals surface area contributed by atoms with Crippen molar-refractivity contribution < 1.29 is 18.7 Å². The molecule has 0 radical (unpaired) electrons. The van der Waals surface area contributed by atoms with Crippen LogP contribution in [0.1, 0.15) is 11.1 Å². The Kier molecular flexibility index (Phi) is 4.25. The molecule has 1 fully saturated rings. The Labute approximate surface area is 147 Å². The summed E-state index contributed by atoms with van der Waals surface area (Å²) in [4.78, 5) is 17.0. The number of nitrogens with zero attached hydrogens (tertiary/aromatic N) is 1. The van der Waals surface area contributed by atoms with Crippen molar-refractivity contribution in [2.45, 2.75) is 6.61 Å². The van der Waals surface area contributed by atoms with Gasteiger partial charge in [0.2, 0.25) is 0 Å². The van der Waals surface area contributed by atoms with Crippen molar-refractivity contribution >= 4 is 34.6 Å². The van der Waals surface area contributed by atoms with Crippen LogP contribution < -0.4 is 10.1 Å². The number of rotatable bonds is 2. The average molecular weight is 356 g/mol. The Hall–Kier alpha value is -2.64. The Morgan fingerprint density at radius 3 is 2.92 bits per heavy atom. The van der Waals surface area contributed by atoms with E-state index in [2.05, 4.69) is 10.3 Å². The Morgan fingerprint density at radius 1 is 1.24 bits per heavy atom. The molecule has 0 bridgehead atoms. The van der Waals surface area contributed by atoms with E-state index in [1.807, 2.05) is 30.3 Å². The topological polar surface area (TPSA) is 59.9 Å². The molecule has 2 aromatic carbocycles. The van der Waals surface area contributed by atoms with Gasteiger partial charge in [-0.05, 0) is 42.1 Å². The third-order valence-electron chi connectivity index (χ3n) is 3.63. The quantitative estimate of drug-likeness (QED) is 0.836. The smallest absolute Gasteiger partial charge is 0.264 e. The van der Waals surface area contributed by atoms with Crippen molar-refractivity contribution in [2.24, 2.45) is 4.99 Å². The minimum atomic E-state index is -0.402. The summed E-state index contributed by atoms with van der Waals surface area (Å²) in [6.07, 6.45) is 1.61. The van der Waals surface area contributed by atoms with Gasteiger partial charge < -0.3 is 14.8 Å². The number of benzene rings is 2. The molecular weight excluding hydrogens is 343 g/mol. The number of amides is 1. The third kappa shape index (κ3) is 3.42. The summed E-state index contributed by atoms with van der Waals surface area (Å²) in [7, 11) is 0. The second kappa shape index (κ2) is 6.70. The zero-order valence-corrected chi connectivity index (χ0v) is 13.8. The first-order valence-electron chi connectivity index (χ1n) is 7.57. The number of thioether (sulfide) groups is 1. The van der Waals surface area contributed by atoms with Crippen LogP contribution in [0.3, 0.4) is 0 Å². The Balaban J connectivity index is 1.65. The number of hydrogen-bond acceptors (Lipinski definition) is 5. The summed E-state index contributed by atoms with van der Waals surface area (Å²) >= 11 is 1.21. The van der Waals surface area contributed by atoms with Crippen molar-refractivity contribution in [1.29, 1.82) is 0 Å². The standard InChI is InChI=1S/C18H13FN2O3S/c19-13-6-11(16-12(7-13)9-23-10-24-16)8-15-17(22)21-18(25-15)20-14-4-2-1-3-5-14/h1-8H,9-10H2,(H,20,21,22)/b15-8-. The normalized spacial score (nSPS) is 19.6. The fraction of sp³-hybridized carbons (Fsp3) is 0.111. The third-order valence-corrected chi connectivity index (χ3v) is 4.54. The average Bonchev–Trinajstić information content (AvgIpc) is 2.95. The van der Waals surface area contributed by atoms with Gasteiger partial charge in [-0.2, -0.15) is 0 Å². The SMILES string of the molecule is O=C1NC(=Nc2ccccc2)S/C1=C\c1cc(F)cc2c1OCOC2. The van der Waals surface area contributed by atoms with Gasteiger partial charge in [-0.25, -0.2) is 9.38 Å². The van der Waals surface area contributed by atoms with Gasteiger partial charge in [-0.3, -0.25) is 4.79 Å². The van der Waals surface area contributed by atoms with E-state index in [1.165, 1.54) is 23.9 Å². The number of aliphatic imine (C=N–C) groups is 1. The largest absolute Gasteiger partial charge is 0.467 e. The minimum Gasteiger partial charge on any atom is -0.467 e. The maximum absolute atomic E-state index is 13.8. The molecule has 0 spiro atoms. The lowest BCUT2D eigenvalue weighted by atomic mass is 10.1. The highest BCUT2D eigenvalue weighted by Crippen LogP contribution is 2.34. The van der Waals surface area contributed by atoms with E-state index in [0.29, 0.717) is 26.9 Å². The van der Waals surface area contributed by atoms with Crippen molar-refractivity contribution in [3.05, 3.63) is 64.3 Å². The molecular formula is C18H13FN2O3S. The van der Waals surface area contributed by atoms with Crippen LogP contribution in [0, 0.1) is 5.82 Å². The lowest BCUT2D eigenvalue weighted by molar-refractivity contribution is -0.115. The van der Waals surface area contributed by atoms with Gasteiger partial charge in [0.25, 0.3) is 5.91 Å². The summed E-state index contributed by atoms with van der Waals surface area (Å²) in [5, 5.41) is 3.20. The van der Waals surface area contributed by atoms with Crippen molar-refractivity contribution in [3.8, 4) is 5.75 Å². The zero-order chi connectivity index (χ0) is 17.2. The number of carbonyl (C=O) groups excluding carboxylic acids is 1. The van der Waals surface area contributed by atoms with Gasteiger partial charge in [-0.15, -0.1) is 0 Å². The fourth-order valence-electron chi connectivity index (χ4n) is 2.56. The van der Waals surface area contributed by atoms with Gasteiger partial charge in [0.1, 0.15) is 11.6 Å².